The maximum absolute atomic E-state index is 13.3. The van der Waals surface area contributed by atoms with Crippen LogP contribution >= 0.6 is 0 Å². The van der Waals surface area contributed by atoms with E-state index in [1.165, 1.54) is 12.1 Å². The number of nitrogens with one attached hydrogen (secondary N) is 1. The summed E-state index contributed by atoms with van der Waals surface area (Å²) in [5.41, 5.74) is 2.41. The molecule has 0 unspecified atom stereocenters. The van der Waals surface area contributed by atoms with Crippen LogP contribution in [0.15, 0.2) is 42.6 Å². The first-order valence-electron chi connectivity index (χ1n) is 8.25. The zero-order chi connectivity index (χ0) is 16.5. The number of hydrogen-bond acceptors (Lipinski definition) is 4. The Balaban J connectivity index is 1.57. The number of likely N-dealkylation sites (tertiary alicyclic amines) is 1. The van der Waals surface area contributed by atoms with E-state index < -0.39 is 0 Å². The lowest BCUT2D eigenvalue weighted by molar-refractivity contribution is 0.251. The van der Waals surface area contributed by atoms with Gasteiger partial charge in [-0.15, -0.1) is 0 Å². The maximum Gasteiger partial charge on any atom is 0.155 e. The van der Waals surface area contributed by atoms with E-state index in [1.807, 2.05) is 24.4 Å². The average Bonchev–Trinajstić information content (AvgIpc) is 2.99. The first kappa shape index (κ1) is 15.1. The molecular weight excluding hydrogens is 305 g/mol. The molecule has 3 heterocycles. The Labute approximate surface area is 140 Å². The van der Waals surface area contributed by atoms with Crippen molar-refractivity contribution in [2.45, 2.75) is 18.8 Å². The smallest absolute Gasteiger partial charge is 0.155 e. The summed E-state index contributed by atoms with van der Waals surface area (Å²) in [6.07, 6.45) is 4.09. The SMILES string of the molecule is CN1CCC(c2nc3ccc(Nc4cccc(F)c4)cn3n2)CC1. The van der Waals surface area contributed by atoms with E-state index in [9.17, 15) is 4.39 Å². The van der Waals surface area contributed by atoms with E-state index in [4.69, 9.17) is 0 Å². The number of halogens is 1. The molecule has 0 amide bonds. The molecule has 0 saturated carbocycles. The van der Waals surface area contributed by atoms with Crippen LogP contribution in [0.4, 0.5) is 15.8 Å². The summed E-state index contributed by atoms with van der Waals surface area (Å²) in [7, 11) is 2.15. The normalized spacial score (nSPS) is 16.6. The molecule has 0 aliphatic carbocycles. The van der Waals surface area contributed by atoms with Gasteiger partial charge in [0.15, 0.2) is 11.5 Å². The molecule has 24 heavy (non-hydrogen) atoms. The Bertz CT molecular complexity index is 851. The molecule has 5 nitrogen and oxygen atoms in total. The molecule has 1 fully saturated rings. The lowest BCUT2D eigenvalue weighted by Gasteiger charge is -2.26. The van der Waals surface area contributed by atoms with E-state index >= 15 is 0 Å². The highest BCUT2D eigenvalue weighted by Crippen LogP contribution is 2.26. The van der Waals surface area contributed by atoms with Crippen molar-refractivity contribution >= 4 is 17.0 Å². The lowest BCUT2D eigenvalue weighted by Crippen LogP contribution is -2.29. The van der Waals surface area contributed by atoms with Gasteiger partial charge in [0.2, 0.25) is 0 Å². The van der Waals surface area contributed by atoms with Gasteiger partial charge in [0.05, 0.1) is 11.9 Å². The third kappa shape index (κ3) is 3.10. The van der Waals surface area contributed by atoms with E-state index in [-0.39, 0.29) is 5.82 Å². The van der Waals surface area contributed by atoms with E-state index in [0.29, 0.717) is 11.6 Å². The Morgan fingerprint density at radius 3 is 2.75 bits per heavy atom. The summed E-state index contributed by atoms with van der Waals surface area (Å²) >= 11 is 0. The minimum Gasteiger partial charge on any atom is -0.354 e. The minimum absolute atomic E-state index is 0.258. The van der Waals surface area contributed by atoms with Crippen LogP contribution in [0.5, 0.6) is 0 Å². The fraction of sp³-hybridized carbons (Fsp3) is 0.333. The van der Waals surface area contributed by atoms with Crippen molar-refractivity contribution in [3.63, 3.8) is 0 Å². The van der Waals surface area contributed by atoms with E-state index in [2.05, 4.69) is 27.3 Å². The molecule has 4 rings (SSSR count). The standard InChI is InChI=1S/C18H20FN5/c1-23-9-7-13(8-10-23)18-21-17-6-5-16(12-24(17)22-18)20-15-4-2-3-14(19)11-15/h2-6,11-13,20H,7-10H2,1H3. The second-order valence-electron chi connectivity index (χ2n) is 6.40. The van der Waals surface area contributed by atoms with Crippen LogP contribution < -0.4 is 5.32 Å². The Morgan fingerprint density at radius 2 is 1.96 bits per heavy atom. The third-order valence-electron chi connectivity index (χ3n) is 4.54. The minimum atomic E-state index is -0.258. The highest BCUT2D eigenvalue weighted by atomic mass is 19.1. The fourth-order valence-electron chi connectivity index (χ4n) is 3.15. The summed E-state index contributed by atoms with van der Waals surface area (Å²) in [6, 6.07) is 10.3. The van der Waals surface area contributed by atoms with Gasteiger partial charge in [0, 0.05) is 11.6 Å². The second-order valence-corrected chi connectivity index (χ2v) is 6.40. The summed E-state index contributed by atoms with van der Waals surface area (Å²) in [4.78, 5) is 7.01. The molecule has 1 saturated heterocycles. The molecule has 0 radical (unpaired) electrons. The first-order valence-corrected chi connectivity index (χ1v) is 8.25. The molecule has 6 heteroatoms. The van der Waals surface area contributed by atoms with Crippen molar-refractivity contribution in [1.82, 2.24) is 19.5 Å². The van der Waals surface area contributed by atoms with Crippen LogP contribution in [0.25, 0.3) is 5.65 Å². The van der Waals surface area contributed by atoms with Crippen molar-refractivity contribution in [3.05, 3.63) is 54.2 Å². The number of fused-ring (bicyclic) bond motifs is 1. The number of anilines is 2. The summed E-state index contributed by atoms with van der Waals surface area (Å²) in [5.74, 6) is 1.10. The third-order valence-corrected chi connectivity index (χ3v) is 4.54. The van der Waals surface area contributed by atoms with Gasteiger partial charge in [-0.05, 0) is 63.3 Å². The van der Waals surface area contributed by atoms with Gasteiger partial charge in [0.25, 0.3) is 0 Å². The highest BCUT2D eigenvalue weighted by molar-refractivity contribution is 5.60. The van der Waals surface area contributed by atoms with Gasteiger partial charge in [-0.2, -0.15) is 5.10 Å². The van der Waals surface area contributed by atoms with Gasteiger partial charge in [-0.3, -0.25) is 0 Å². The van der Waals surface area contributed by atoms with Crippen LogP contribution in [0.1, 0.15) is 24.6 Å². The van der Waals surface area contributed by atoms with Crippen molar-refractivity contribution in [1.29, 1.82) is 0 Å². The molecule has 0 bridgehead atoms. The van der Waals surface area contributed by atoms with E-state index in [0.717, 1.165) is 43.1 Å². The van der Waals surface area contributed by atoms with Gasteiger partial charge < -0.3 is 10.2 Å². The molecule has 3 aromatic rings. The highest BCUT2D eigenvalue weighted by Gasteiger charge is 2.22. The van der Waals surface area contributed by atoms with Crippen LogP contribution in [0.2, 0.25) is 0 Å². The number of benzene rings is 1. The Morgan fingerprint density at radius 1 is 1.12 bits per heavy atom. The van der Waals surface area contributed by atoms with Crippen LogP contribution in [0.3, 0.4) is 0 Å². The summed E-state index contributed by atoms with van der Waals surface area (Å²) in [6.45, 7) is 2.18. The zero-order valence-corrected chi connectivity index (χ0v) is 13.6. The van der Waals surface area contributed by atoms with Crippen LogP contribution in [-0.4, -0.2) is 39.6 Å². The maximum atomic E-state index is 13.3. The van der Waals surface area contributed by atoms with Gasteiger partial charge in [-0.25, -0.2) is 13.9 Å². The number of pyridine rings is 1. The molecule has 1 N–H and O–H groups in total. The first-order chi connectivity index (χ1) is 11.7. The molecule has 2 aromatic heterocycles. The Kier molecular flexibility index (Phi) is 3.90. The molecule has 0 atom stereocenters. The number of hydrogen-bond donors (Lipinski definition) is 1. The van der Waals surface area contributed by atoms with Crippen molar-refractivity contribution in [2.24, 2.45) is 0 Å². The number of piperidine rings is 1. The lowest BCUT2D eigenvalue weighted by atomic mass is 9.97. The molecule has 1 aliphatic rings. The monoisotopic (exact) mass is 325 g/mol. The van der Waals surface area contributed by atoms with Crippen molar-refractivity contribution in [2.75, 3.05) is 25.5 Å². The second kappa shape index (κ2) is 6.20. The predicted molar refractivity (Wildman–Crippen MR) is 92.1 cm³/mol. The fourth-order valence-corrected chi connectivity index (χ4v) is 3.15. The predicted octanol–water partition coefficient (Wildman–Crippen LogP) is 3.42. The van der Waals surface area contributed by atoms with Crippen LogP contribution in [0, 0.1) is 5.82 Å². The molecule has 0 spiro atoms. The van der Waals surface area contributed by atoms with Gasteiger partial charge >= 0.3 is 0 Å². The van der Waals surface area contributed by atoms with Crippen molar-refractivity contribution in [3.8, 4) is 0 Å². The van der Waals surface area contributed by atoms with Crippen molar-refractivity contribution < 1.29 is 4.39 Å². The molecule has 1 aromatic carbocycles. The molecule has 1 aliphatic heterocycles. The van der Waals surface area contributed by atoms with E-state index in [1.54, 1.807) is 10.6 Å². The summed E-state index contributed by atoms with van der Waals surface area (Å²) in [5, 5.41) is 7.85. The summed E-state index contributed by atoms with van der Waals surface area (Å²) < 4.78 is 15.1. The number of rotatable bonds is 3. The molecule has 124 valence electrons. The quantitative estimate of drug-likeness (QED) is 0.801. The van der Waals surface area contributed by atoms with Gasteiger partial charge in [-0.1, -0.05) is 6.07 Å². The molecular formula is C18H20FN5. The van der Waals surface area contributed by atoms with Crippen LogP contribution in [-0.2, 0) is 0 Å². The van der Waals surface area contributed by atoms with Gasteiger partial charge in [0.1, 0.15) is 5.82 Å². The number of nitrogens with zero attached hydrogens (tertiary/aromatic N) is 4. The zero-order valence-electron chi connectivity index (χ0n) is 13.6. The Hall–Kier alpha value is -2.47. The average molecular weight is 325 g/mol. The largest absolute Gasteiger partial charge is 0.354 e. The topological polar surface area (TPSA) is 45.5 Å². The number of aromatic nitrogens is 3.